The molecule has 108 valence electrons. The van der Waals surface area contributed by atoms with Gasteiger partial charge in [-0.25, -0.2) is 0 Å². The van der Waals surface area contributed by atoms with Gasteiger partial charge in [-0.3, -0.25) is 4.79 Å². The second kappa shape index (κ2) is 6.35. The molecule has 2 nitrogen and oxygen atoms in total. The average Bonchev–Trinajstić information content (AvgIpc) is 2.48. The molecule has 21 heavy (non-hydrogen) atoms. The Morgan fingerprint density at radius 3 is 2.71 bits per heavy atom. The SMILES string of the molecule is O=C(O)C[C@@H]1CCCc2cc(Sc3ccccc3)ccc21. The van der Waals surface area contributed by atoms with Crippen LogP contribution in [-0.2, 0) is 11.2 Å². The Morgan fingerprint density at radius 2 is 1.95 bits per heavy atom. The first-order chi connectivity index (χ1) is 10.2. The van der Waals surface area contributed by atoms with E-state index in [1.807, 2.05) is 18.2 Å². The molecule has 0 saturated heterocycles. The summed E-state index contributed by atoms with van der Waals surface area (Å²) in [7, 11) is 0. The second-order valence-corrected chi connectivity index (χ2v) is 6.61. The molecule has 0 spiro atoms. The summed E-state index contributed by atoms with van der Waals surface area (Å²) in [6, 6.07) is 16.8. The van der Waals surface area contributed by atoms with E-state index in [2.05, 4.69) is 30.3 Å². The minimum Gasteiger partial charge on any atom is -0.481 e. The van der Waals surface area contributed by atoms with Crippen molar-refractivity contribution >= 4 is 17.7 Å². The third-order valence-corrected chi connectivity index (χ3v) is 4.95. The van der Waals surface area contributed by atoms with E-state index in [0.29, 0.717) is 0 Å². The lowest BCUT2D eigenvalue weighted by molar-refractivity contribution is -0.137. The van der Waals surface area contributed by atoms with Gasteiger partial charge in [0.15, 0.2) is 0 Å². The Kier molecular flexibility index (Phi) is 4.30. The molecule has 0 amide bonds. The summed E-state index contributed by atoms with van der Waals surface area (Å²) >= 11 is 1.76. The van der Waals surface area contributed by atoms with Gasteiger partial charge in [0, 0.05) is 9.79 Å². The highest BCUT2D eigenvalue weighted by molar-refractivity contribution is 7.99. The monoisotopic (exact) mass is 298 g/mol. The summed E-state index contributed by atoms with van der Waals surface area (Å²) < 4.78 is 0. The highest BCUT2D eigenvalue weighted by atomic mass is 32.2. The van der Waals surface area contributed by atoms with Crippen molar-refractivity contribution in [1.82, 2.24) is 0 Å². The number of rotatable bonds is 4. The van der Waals surface area contributed by atoms with Crippen LogP contribution in [0.3, 0.4) is 0 Å². The molecule has 0 saturated carbocycles. The van der Waals surface area contributed by atoms with Gasteiger partial charge in [0.2, 0.25) is 0 Å². The second-order valence-electron chi connectivity index (χ2n) is 5.46. The molecule has 0 bridgehead atoms. The number of carboxylic acid groups (broad SMARTS) is 1. The Bertz CT molecular complexity index is 637. The fraction of sp³-hybridized carbons (Fsp3) is 0.278. The van der Waals surface area contributed by atoms with Gasteiger partial charge in [-0.1, -0.05) is 36.0 Å². The maximum Gasteiger partial charge on any atom is 0.303 e. The summed E-state index contributed by atoms with van der Waals surface area (Å²) in [6.07, 6.45) is 3.39. The lowest BCUT2D eigenvalue weighted by atomic mass is 9.81. The predicted octanol–water partition coefficient (Wildman–Crippen LogP) is 4.73. The van der Waals surface area contributed by atoms with E-state index in [-0.39, 0.29) is 12.3 Å². The van der Waals surface area contributed by atoms with Gasteiger partial charge in [-0.05, 0) is 60.6 Å². The minimum absolute atomic E-state index is 0.182. The van der Waals surface area contributed by atoms with E-state index in [0.717, 1.165) is 19.3 Å². The average molecular weight is 298 g/mol. The van der Waals surface area contributed by atoms with E-state index in [1.54, 1.807) is 11.8 Å². The molecule has 2 aromatic rings. The zero-order chi connectivity index (χ0) is 14.7. The Morgan fingerprint density at radius 1 is 1.14 bits per heavy atom. The van der Waals surface area contributed by atoms with Crippen molar-refractivity contribution in [1.29, 1.82) is 0 Å². The first kappa shape index (κ1) is 14.2. The summed E-state index contributed by atoms with van der Waals surface area (Å²) in [6.45, 7) is 0. The van der Waals surface area contributed by atoms with Crippen molar-refractivity contribution in [3.63, 3.8) is 0 Å². The van der Waals surface area contributed by atoms with Gasteiger partial charge < -0.3 is 5.11 Å². The lowest BCUT2D eigenvalue weighted by Crippen LogP contribution is -2.13. The van der Waals surface area contributed by atoms with Crippen molar-refractivity contribution in [2.45, 2.75) is 41.4 Å². The molecule has 0 heterocycles. The molecule has 0 radical (unpaired) electrons. The van der Waals surface area contributed by atoms with E-state index in [4.69, 9.17) is 5.11 Å². The molecule has 1 aliphatic carbocycles. The predicted molar refractivity (Wildman–Crippen MR) is 84.9 cm³/mol. The molecule has 1 N–H and O–H groups in total. The van der Waals surface area contributed by atoms with E-state index in [1.165, 1.54) is 20.9 Å². The molecule has 1 aliphatic rings. The van der Waals surface area contributed by atoms with Crippen LogP contribution in [0, 0.1) is 0 Å². The summed E-state index contributed by atoms with van der Waals surface area (Å²) in [5, 5.41) is 9.04. The molecule has 3 heteroatoms. The summed E-state index contributed by atoms with van der Waals surface area (Å²) in [5.41, 5.74) is 2.56. The largest absolute Gasteiger partial charge is 0.481 e. The Balaban J connectivity index is 1.82. The van der Waals surface area contributed by atoms with Crippen LogP contribution in [0.5, 0.6) is 0 Å². The van der Waals surface area contributed by atoms with E-state index < -0.39 is 5.97 Å². The zero-order valence-electron chi connectivity index (χ0n) is 11.8. The van der Waals surface area contributed by atoms with Gasteiger partial charge in [-0.15, -0.1) is 0 Å². The molecule has 0 aromatic heterocycles. The van der Waals surface area contributed by atoms with Crippen molar-refractivity contribution < 1.29 is 9.90 Å². The van der Waals surface area contributed by atoms with Gasteiger partial charge in [0.25, 0.3) is 0 Å². The van der Waals surface area contributed by atoms with Crippen molar-refractivity contribution in [2.75, 3.05) is 0 Å². The number of carbonyl (C=O) groups is 1. The maximum absolute atomic E-state index is 11.0. The Labute approximate surface area is 129 Å². The van der Waals surface area contributed by atoms with Crippen molar-refractivity contribution in [3.8, 4) is 0 Å². The van der Waals surface area contributed by atoms with Crippen LogP contribution in [0.2, 0.25) is 0 Å². The van der Waals surface area contributed by atoms with Crippen molar-refractivity contribution in [2.24, 2.45) is 0 Å². The van der Waals surface area contributed by atoms with Gasteiger partial charge in [0.1, 0.15) is 0 Å². The molecular formula is C18H18O2S. The third kappa shape index (κ3) is 3.48. The Hall–Kier alpha value is -1.74. The highest BCUT2D eigenvalue weighted by Gasteiger charge is 2.22. The summed E-state index contributed by atoms with van der Waals surface area (Å²) in [4.78, 5) is 13.4. The maximum atomic E-state index is 11.0. The highest BCUT2D eigenvalue weighted by Crippen LogP contribution is 2.37. The van der Waals surface area contributed by atoms with Crippen LogP contribution in [0.4, 0.5) is 0 Å². The third-order valence-electron chi connectivity index (χ3n) is 3.95. The molecular weight excluding hydrogens is 280 g/mol. The molecule has 1 atom stereocenters. The minimum atomic E-state index is -0.699. The fourth-order valence-electron chi connectivity index (χ4n) is 3.00. The molecule has 3 rings (SSSR count). The van der Waals surface area contributed by atoms with Crippen LogP contribution in [-0.4, -0.2) is 11.1 Å². The molecule has 0 aliphatic heterocycles. The number of aryl methyl sites for hydroxylation is 1. The van der Waals surface area contributed by atoms with Crippen LogP contribution < -0.4 is 0 Å². The van der Waals surface area contributed by atoms with Crippen molar-refractivity contribution in [3.05, 3.63) is 59.7 Å². The van der Waals surface area contributed by atoms with E-state index in [9.17, 15) is 4.79 Å². The van der Waals surface area contributed by atoms with Gasteiger partial charge in [-0.2, -0.15) is 0 Å². The first-order valence-corrected chi connectivity index (χ1v) is 8.11. The number of fused-ring (bicyclic) bond motifs is 1. The number of hydrogen-bond acceptors (Lipinski definition) is 2. The van der Waals surface area contributed by atoms with E-state index >= 15 is 0 Å². The molecule has 0 unspecified atom stereocenters. The smallest absolute Gasteiger partial charge is 0.303 e. The normalized spacial score (nSPS) is 17.2. The quantitative estimate of drug-likeness (QED) is 0.886. The topological polar surface area (TPSA) is 37.3 Å². The number of carboxylic acids is 1. The standard InChI is InChI=1S/C18H18O2S/c19-18(20)12-14-6-4-5-13-11-16(9-10-17(13)14)21-15-7-2-1-3-8-15/h1-3,7-11,14H,4-6,12H2,(H,19,20)/t14-/m0/s1. The van der Waals surface area contributed by atoms with Crippen LogP contribution in [0.25, 0.3) is 0 Å². The number of benzene rings is 2. The molecule has 0 fully saturated rings. The number of aliphatic carboxylic acids is 1. The molecule has 2 aromatic carbocycles. The lowest BCUT2D eigenvalue weighted by Gasteiger charge is -2.24. The van der Waals surface area contributed by atoms with Crippen LogP contribution in [0.15, 0.2) is 58.3 Å². The summed E-state index contributed by atoms with van der Waals surface area (Å²) in [5.74, 6) is -0.516. The fourth-order valence-corrected chi connectivity index (χ4v) is 3.90. The van der Waals surface area contributed by atoms with Crippen LogP contribution >= 0.6 is 11.8 Å². The number of hydrogen-bond donors (Lipinski definition) is 1. The van der Waals surface area contributed by atoms with Crippen LogP contribution in [0.1, 0.15) is 36.3 Å². The van der Waals surface area contributed by atoms with Gasteiger partial charge >= 0.3 is 5.97 Å². The van der Waals surface area contributed by atoms with Gasteiger partial charge in [0.05, 0.1) is 6.42 Å². The zero-order valence-corrected chi connectivity index (χ0v) is 12.6. The first-order valence-electron chi connectivity index (χ1n) is 7.30.